The zero-order valence-electron chi connectivity index (χ0n) is 28.6. The molecule has 0 atom stereocenters. The number of rotatable bonds is 5. The minimum atomic E-state index is -0.149. The second kappa shape index (κ2) is 11.3. The van der Waals surface area contributed by atoms with Crippen LogP contribution in [-0.4, -0.2) is 0 Å². The number of fused-ring (bicyclic) bond motifs is 8. The first-order chi connectivity index (χ1) is 25.0. The molecule has 0 N–H and O–H groups in total. The van der Waals surface area contributed by atoms with Gasteiger partial charge in [-0.1, -0.05) is 141 Å². The standard InChI is InChI=1S/C49H35NO/c1-49(2)43-19-11-9-17-38(43)42-30-40(34-15-7-4-8-16-34)45(31-44(42)49)50(36-25-21-33(22-26-36)32-13-5-3-6-14-32)37-27-23-35-24-28-47-48(41(35)29-37)39-18-10-12-20-46(39)51-47/h3-31H,1-2H3. The van der Waals surface area contributed by atoms with E-state index in [1.54, 1.807) is 0 Å². The highest BCUT2D eigenvalue weighted by atomic mass is 16.3. The second-order valence-electron chi connectivity index (χ2n) is 14.1. The predicted molar refractivity (Wildman–Crippen MR) is 214 cm³/mol. The zero-order chi connectivity index (χ0) is 34.1. The molecule has 10 rings (SSSR count). The molecule has 0 spiro atoms. The van der Waals surface area contributed by atoms with E-state index in [0.29, 0.717) is 0 Å². The first-order valence-electron chi connectivity index (χ1n) is 17.7. The van der Waals surface area contributed by atoms with E-state index in [-0.39, 0.29) is 5.41 Å². The van der Waals surface area contributed by atoms with Gasteiger partial charge in [0, 0.05) is 33.1 Å². The fraction of sp³-hybridized carbons (Fsp3) is 0.0612. The summed E-state index contributed by atoms with van der Waals surface area (Å²) in [6.07, 6.45) is 0. The fourth-order valence-corrected chi connectivity index (χ4v) is 8.30. The molecule has 8 aromatic carbocycles. The Labute approximate surface area is 297 Å². The van der Waals surface area contributed by atoms with Gasteiger partial charge in [-0.05, 0) is 98.2 Å². The van der Waals surface area contributed by atoms with Crippen molar-refractivity contribution in [1.29, 1.82) is 0 Å². The van der Waals surface area contributed by atoms with Crippen LogP contribution in [0, 0.1) is 0 Å². The minimum absolute atomic E-state index is 0.149. The third-order valence-corrected chi connectivity index (χ3v) is 10.9. The van der Waals surface area contributed by atoms with Crippen LogP contribution in [0.4, 0.5) is 17.1 Å². The van der Waals surface area contributed by atoms with E-state index in [0.717, 1.165) is 39.0 Å². The average Bonchev–Trinajstić information content (AvgIpc) is 3.68. The summed E-state index contributed by atoms with van der Waals surface area (Å²) >= 11 is 0. The summed E-state index contributed by atoms with van der Waals surface area (Å²) in [6.45, 7) is 4.72. The maximum atomic E-state index is 6.35. The van der Waals surface area contributed by atoms with Crippen molar-refractivity contribution >= 4 is 49.8 Å². The van der Waals surface area contributed by atoms with Gasteiger partial charge in [0.25, 0.3) is 0 Å². The van der Waals surface area contributed by atoms with Gasteiger partial charge in [0.2, 0.25) is 0 Å². The molecule has 0 saturated heterocycles. The van der Waals surface area contributed by atoms with Gasteiger partial charge in [-0.25, -0.2) is 0 Å². The predicted octanol–water partition coefficient (Wildman–Crippen LogP) is 13.8. The second-order valence-corrected chi connectivity index (χ2v) is 14.1. The number of nitrogens with zero attached hydrogens (tertiary/aromatic N) is 1. The van der Waals surface area contributed by atoms with Crippen molar-refractivity contribution < 1.29 is 4.42 Å². The lowest BCUT2D eigenvalue weighted by Crippen LogP contribution is -2.17. The van der Waals surface area contributed by atoms with Crippen molar-refractivity contribution in [2.24, 2.45) is 0 Å². The maximum Gasteiger partial charge on any atom is 0.136 e. The number of benzene rings is 8. The summed E-state index contributed by atoms with van der Waals surface area (Å²) in [6, 6.07) is 63.8. The monoisotopic (exact) mass is 653 g/mol. The van der Waals surface area contributed by atoms with Crippen molar-refractivity contribution in [1.82, 2.24) is 0 Å². The molecule has 2 heteroatoms. The Kier molecular flexibility index (Phi) is 6.56. The molecule has 0 aliphatic heterocycles. The number of para-hydroxylation sites is 1. The van der Waals surface area contributed by atoms with Crippen LogP contribution < -0.4 is 4.90 Å². The van der Waals surface area contributed by atoms with Crippen LogP contribution in [0.2, 0.25) is 0 Å². The Bertz CT molecular complexity index is 2760. The van der Waals surface area contributed by atoms with Crippen molar-refractivity contribution in [2.75, 3.05) is 4.90 Å². The molecular formula is C49H35NO. The van der Waals surface area contributed by atoms with Crippen LogP contribution in [0.3, 0.4) is 0 Å². The molecule has 1 aliphatic carbocycles. The minimum Gasteiger partial charge on any atom is -0.456 e. The van der Waals surface area contributed by atoms with E-state index in [1.165, 1.54) is 55.3 Å². The zero-order valence-corrected chi connectivity index (χ0v) is 28.6. The number of hydrogen-bond donors (Lipinski definition) is 0. The van der Waals surface area contributed by atoms with Gasteiger partial charge in [0.05, 0.1) is 5.69 Å². The molecule has 51 heavy (non-hydrogen) atoms. The smallest absolute Gasteiger partial charge is 0.136 e. The van der Waals surface area contributed by atoms with Crippen LogP contribution in [-0.2, 0) is 5.41 Å². The van der Waals surface area contributed by atoms with E-state index in [9.17, 15) is 0 Å². The largest absolute Gasteiger partial charge is 0.456 e. The van der Waals surface area contributed by atoms with E-state index < -0.39 is 0 Å². The number of anilines is 3. The van der Waals surface area contributed by atoms with Gasteiger partial charge in [0.15, 0.2) is 0 Å². The highest BCUT2D eigenvalue weighted by molar-refractivity contribution is 6.19. The lowest BCUT2D eigenvalue weighted by Gasteiger charge is -2.31. The molecule has 0 radical (unpaired) electrons. The summed E-state index contributed by atoms with van der Waals surface area (Å²) < 4.78 is 6.35. The molecule has 9 aromatic rings. The van der Waals surface area contributed by atoms with Gasteiger partial charge in [-0.3, -0.25) is 0 Å². The van der Waals surface area contributed by atoms with Crippen molar-refractivity contribution in [2.45, 2.75) is 19.3 Å². The van der Waals surface area contributed by atoms with E-state index in [1.807, 2.05) is 6.07 Å². The van der Waals surface area contributed by atoms with Crippen LogP contribution in [0.15, 0.2) is 180 Å². The van der Waals surface area contributed by atoms with E-state index in [2.05, 4.69) is 189 Å². The van der Waals surface area contributed by atoms with Gasteiger partial charge in [0.1, 0.15) is 11.2 Å². The third kappa shape index (κ3) is 4.64. The summed E-state index contributed by atoms with van der Waals surface area (Å²) in [4.78, 5) is 2.46. The lowest BCUT2D eigenvalue weighted by molar-refractivity contribution is 0.660. The van der Waals surface area contributed by atoms with Crippen LogP contribution >= 0.6 is 0 Å². The van der Waals surface area contributed by atoms with Crippen LogP contribution in [0.1, 0.15) is 25.0 Å². The summed E-state index contributed by atoms with van der Waals surface area (Å²) in [5.41, 5.74) is 15.1. The Balaban J connectivity index is 1.26. The molecular weight excluding hydrogens is 619 g/mol. The number of furan rings is 1. The quantitative estimate of drug-likeness (QED) is 0.184. The van der Waals surface area contributed by atoms with Crippen molar-refractivity contribution in [3.05, 3.63) is 187 Å². The molecule has 0 fully saturated rings. The average molecular weight is 654 g/mol. The summed E-state index contributed by atoms with van der Waals surface area (Å²) in [5, 5.41) is 4.65. The Hall–Kier alpha value is -6.38. The SMILES string of the molecule is CC1(C)c2ccccc2-c2cc(-c3ccccc3)c(N(c3ccc(-c4ccccc4)cc3)c3ccc4ccc5oc6ccccc6c5c4c3)cc21. The first kappa shape index (κ1) is 29.5. The Morgan fingerprint density at radius 3 is 1.88 bits per heavy atom. The topological polar surface area (TPSA) is 16.4 Å². The molecule has 1 aliphatic rings. The number of hydrogen-bond acceptors (Lipinski definition) is 2. The Morgan fingerprint density at radius 2 is 1.08 bits per heavy atom. The molecule has 1 aromatic heterocycles. The first-order valence-corrected chi connectivity index (χ1v) is 17.7. The lowest BCUT2D eigenvalue weighted by atomic mass is 9.81. The van der Waals surface area contributed by atoms with Gasteiger partial charge in [-0.2, -0.15) is 0 Å². The molecule has 0 saturated carbocycles. The van der Waals surface area contributed by atoms with Crippen molar-refractivity contribution in [3.63, 3.8) is 0 Å². The highest BCUT2D eigenvalue weighted by Gasteiger charge is 2.37. The van der Waals surface area contributed by atoms with Crippen molar-refractivity contribution in [3.8, 4) is 33.4 Å². The van der Waals surface area contributed by atoms with Crippen LogP contribution in [0.25, 0.3) is 66.1 Å². The molecule has 0 bridgehead atoms. The Morgan fingerprint density at radius 1 is 0.431 bits per heavy atom. The maximum absolute atomic E-state index is 6.35. The summed E-state index contributed by atoms with van der Waals surface area (Å²) in [5.74, 6) is 0. The molecule has 0 unspecified atom stereocenters. The fourth-order valence-electron chi connectivity index (χ4n) is 8.30. The van der Waals surface area contributed by atoms with Gasteiger partial charge < -0.3 is 9.32 Å². The summed E-state index contributed by atoms with van der Waals surface area (Å²) in [7, 11) is 0. The van der Waals surface area contributed by atoms with E-state index in [4.69, 9.17) is 4.42 Å². The molecule has 2 nitrogen and oxygen atoms in total. The molecule has 1 heterocycles. The van der Waals surface area contributed by atoms with E-state index >= 15 is 0 Å². The van der Waals surface area contributed by atoms with Gasteiger partial charge in [-0.15, -0.1) is 0 Å². The van der Waals surface area contributed by atoms with Crippen LogP contribution in [0.5, 0.6) is 0 Å². The molecule has 242 valence electrons. The third-order valence-electron chi connectivity index (χ3n) is 10.9. The molecule has 0 amide bonds. The van der Waals surface area contributed by atoms with Gasteiger partial charge >= 0.3 is 0 Å². The highest BCUT2D eigenvalue weighted by Crippen LogP contribution is 2.53. The normalized spacial score (nSPS) is 13.1.